The highest BCUT2D eigenvalue weighted by atomic mass is 32.2. The van der Waals surface area contributed by atoms with Crippen molar-refractivity contribution in [1.82, 2.24) is 0 Å². The number of hydrogen-bond acceptors (Lipinski definition) is 3. The number of carbonyl (C=O) groups excluding carboxylic acids is 1. The van der Waals surface area contributed by atoms with Gasteiger partial charge in [-0.05, 0) is 37.5 Å². The van der Waals surface area contributed by atoms with Crippen molar-refractivity contribution < 1.29 is 4.79 Å². The molecule has 1 aliphatic heterocycles. The molecule has 0 bridgehead atoms. The zero-order chi connectivity index (χ0) is 16.6. The lowest BCUT2D eigenvalue weighted by Gasteiger charge is -2.41. The van der Waals surface area contributed by atoms with Gasteiger partial charge in [0, 0.05) is 11.7 Å². The predicted octanol–water partition coefficient (Wildman–Crippen LogP) is 4.96. The van der Waals surface area contributed by atoms with Crippen LogP contribution in [0.2, 0.25) is 0 Å². The fourth-order valence-electron chi connectivity index (χ4n) is 4.49. The molecule has 1 spiro atoms. The van der Waals surface area contributed by atoms with Crippen molar-refractivity contribution in [3.05, 3.63) is 60.2 Å². The molecule has 2 unspecified atom stereocenters. The summed E-state index contributed by atoms with van der Waals surface area (Å²) in [4.78, 5) is 16.9. The van der Waals surface area contributed by atoms with E-state index in [4.69, 9.17) is 4.99 Å². The van der Waals surface area contributed by atoms with E-state index in [1.165, 1.54) is 29.9 Å². The van der Waals surface area contributed by atoms with Crippen LogP contribution >= 0.6 is 11.8 Å². The van der Waals surface area contributed by atoms with Crippen LogP contribution in [0.4, 0.5) is 0 Å². The SMILES string of the molecule is CC12CCCCC1C1(C=CC(=O)C=C1)C(SCc1ccccc1)=N2. The maximum absolute atomic E-state index is 11.7. The van der Waals surface area contributed by atoms with Crippen molar-refractivity contribution in [2.45, 2.75) is 43.9 Å². The highest BCUT2D eigenvalue weighted by molar-refractivity contribution is 8.13. The van der Waals surface area contributed by atoms with E-state index in [9.17, 15) is 4.79 Å². The Hall–Kier alpha value is -1.61. The number of hydrogen-bond donors (Lipinski definition) is 0. The van der Waals surface area contributed by atoms with E-state index in [2.05, 4.69) is 49.4 Å². The Bertz CT molecular complexity index is 717. The van der Waals surface area contributed by atoms with Gasteiger partial charge < -0.3 is 0 Å². The van der Waals surface area contributed by atoms with Crippen molar-refractivity contribution in [3.8, 4) is 0 Å². The molecule has 0 aromatic heterocycles. The molecule has 0 radical (unpaired) electrons. The largest absolute Gasteiger partial charge is 0.290 e. The zero-order valence-electron chi connectivity index (χ0n) is 14.1. The zero-order valence-corrected chi connectivity index (χ0v) is 14.9. The fourth-order valence-corrected chi connectivity index (χ4v) is 5.79. The Morgan fingerprint density at radius 2 is 1.92 bits per heavy atom. The van der Waals surface area contributed by atoms with E-state index in [1.807, 2.05) is 11.8 Å². The molecule has 124 valence electrons. The Kier molecular flexibility index (Phi) is 4.00. The van der Waals surface area contributed by atoms with Crippen molar-refractivity contribution in [1.29, 1.82) is 0 Å². The van der Waals surface area contributed by atoms with Gasteiger partial charge in [-0.1, -0.05) is 55.3 Å². The molecule has 1 aromatic carbocycles. The molecule has 1 aromatic rings. The van der Waals surface area contributed by atoms with Gasteiger partial charge in [-0.15, -0.1) is 11.8 Å². The van der Waals surface area contributed by atoms with Crippen LogP contribution in [0.25, 0.3) is 0 Å². The number of benzene rings is 1. The molecule has 3 aliphatic rings. The number of carbonyl (C=O) groups is 1. The molecule has 2 atom stereocenters. The van der Waals surface area contributed by atoms with E-state index < -0.39 is 0 Å². The Balaban J connectivity index is 1.67. The lowest BCUT2D eigenvalue weighted by molar-refractivity contribution is -0.110. The molecule has 1 fully saturated rings. The van der Waals surface area contributed by atoms with Gasteiger partial charge in [0.25, 0.3) is 0 Å². The second-order valence-corrected chi connectivity index (χ2v) is 8.31. The molecule has 2 aliphatic carbocycles. The average Bonchev–Trinajstić information content (AvgIpc) is 2.85. The summed E-state index contributed by atoms with van der Waals surface area (Å²) in [6, 6.07) is 10.6. The first-order valence-electron chi connectivity index (χ1n) is 8.82. The van der Waals surface area contributed by atoms with Crippen molar-refractivity contribution in [3.63, 3.8) is 0 Å². The second-order valence-electron chi connectivity index (χ2n) is 7.35. The molecule has 4 rings (SSSR count). The molecule has 24 heavy (non-hydrogen) atoms. The van der Waals surface area contributed by atoms with Crippen LogP contribution < -0.4 is 0 Å². The second kappa shape index (κ2) is 6.03. The van der Waals surface area contributed by atoms with E-state index in [0.29, 0.717) is 5.92 Å². The third-order valence-electron chi connectivity index (χ3n) is 5.75. The van der Waals surface area contributed by atoms with Crippen molar-refractivity contribution >= 4 is 22.6 Å². The van der Waals surface area contributed by atoms with Crippen LogP contribution in [0.3, 0.4) is 0 Å². The van der Waals surface area contributed by atoms with E-state index in [-0.39, 0.29) is 16.7 Å². The summed E-state index contributed by atoms with van der Waals surface area (Å²) in [7, 11) is 0. The molecular weight excluding hydrogens is 314 g/mol. The van der Waals surface area contributed by atoms with E-state index in [0.717, 1.165) is 12.2 Å². The summed E-state index contributed by atoms with van der Waals surface area (Å²) >= 11 is 1.84. The summed E-state index contributed by atoms with van der Waals surface area (Å²) in [5.74, 6) is 1.51. The number of fused-ring (bicyclic) bond motifs is 2. The van der Waals surface area contributed by atoms with Crippen LogP contribution in [-0.4, -0.2) is 16.4 Å². The summed E-state index contributed by atoms with van der Waals surface area (Å²) in [6.45, 7) is 2.31. The molecular formula is C21H23NOS. The first-order valence-corrected chi connectivity index (χ1v) is 9.80. The minimum atomic E-state index is -0.164. The topological polar surface area (TPSA) is 29.4 Å². The normalized spacial score (nSPS) is 30.5. The maximum Gasteiger partial charge on any atom is 0.178 e. The minimum absolute atomic E-state index is 0.0202. The van der Waals surface area contributed by atoms with Crippen LogP contribution in [0, 0.1) is 11.3 Å². The van der Waals surface area contributed by atoms with Gasteiger partial charge in [0.2, 0.25) is 0 Å². The molecule has 1 heterocycles. The van der Waals surface area contributed by atoms with Crippen molar-refractivity contribution in [2.75, 3.05) is 0 Å². The van der Waals surface area contributed by atoms with Gasteiger partial charge in [0.15, 0.2) is 5.78 Å². The summed E-state index contributed by atoms with van der Waals surface area (Å²) in [6.07, 6.45) is 12.6. The van der Waals surface area contributed by atoms with Gasteiger partial charge >= 0.3 is 0 Å². The molecule has 0 saturated heterocycles. The lowest BCUT2D eigenvalue weighted by atomic mass is 9.62. The van der Waals surface area contributed by atoms with Crippen LogP contribution in [0.15, 0.2) is 59.6 Å². The monoisotopic (exact) mass is 337 g/mol. The first kappa shape index (κ1) is 15.9. The summed E-state index contributed by atoms with van der Waals surface area (Å²) < 4.78 is 0. The standard InChI is InChI=1S/C21H23NOS/c1-20-12-6-5-9-18(20)21(13-10-17(23)11-14-21)19(22-20)24-15-16-7-3-2-4-8-16/h2-4,7-8,10-11,13-14,18H,5-6,9,12,15H2,1H3. The summed E-state index contributed by atoms with van der Waals surface area (Å²) in [5, 5.41) is 1.20. The van der Waals surface area contributed by atoms with Gasteiger partial charge in [-0.3, -0.25) is 9.79 Å². The molecule has 0 N–H and O–H groups in total. The number of rotatable bonds is 2. The maximum atomic E-state index is 11.7. The van der Waals surface area contributed by atoms with Crippen LogP contribution in [0.5, 0.6) is 0 Å². The summed E-state index contributed by atoms with van der Waals surface area (Å²) in [5.41, 5.74) is 1.18. The smallest absolute Gasteiger partial charge is 0.178 e. The third kappa shape index (κ3) is 2.59. The molecule has 2 nitrogen and oxygen atoms in total. The first-order chi connectivity index (χ1) is 11.6. The predicted molar refractivity (Wildman–Crippen MR) is 101 cm³/mol. The number of allylic oxidation sites excluding steroid dienone is 4. The fraction of sp³-hybridized carbons (Fsp3) is 0.429. The minimum Gasteiger partial charge on any atom is -0.290 e. The third-order valence-corrected chi connectivity index (χ3v) is 6.94. The molecule has 3 heteroatoms. The van der Waals surface area contributed by atoms with Gasteiger partial charge in [0.05, 0.1) is 16.0 Å². The van der Waals surface area contributed by atoms with Gasteiger partial charge in [-0.2, -0.15) is 0 Å². The lowest BCUT2D eigenvalue weighted by Crippen LogP contribution is -2.42. The van der Waals surface area contributed by atoms with E-state index in [1.54, 1.807) is 12.2 Å². The van der Waals surface area contributed by atoms with Crippen LogP contribution in [0.1, 0.15) is 38.2 Å². The highest BCUT2D eigenvalue weighted by Crippen LogP contribution is 2.56. The van der Waals surface area contributed by atoms with Crippen LogP contribution in [-0.2, 0) is 10.5 Å². The Morgan fingerprint density at radius 1 is 1.17 bits per heavy atom. The number of nitrogens with zero attached hydrogens (tertiary/aromatic N) is 1. The van der Waals surface area contributed by atoms with E-state index >= 15 is 0 Å². The molecule has 1 saturated carbocycles. The quantitative estimate of drug-likeness (QED) is 0.763. The van der Waals surface area contributed by atoms with Gasteiger partial charge in [0.1, 0.15) is 0 Å². The Morgan fingerprint density at radius 3 is 2.67 bits per heavy atom. The van der Waals surface area contributed by atoms with Crippen molar-refractivity contribution in [2.24, 2.45) is 16.3 Å². The molecule has 0 amide bonds. The Labute approximate surface area is 148 Å². The number of aliphatic imine (C=N–C) groups is 1. The number of thioether (sulfide) groups is 1. The average molecular weight is 337 g/mol. The highest BCUT2D eigenvalue weighted by Gasteiger charge is 2.55. The number of ketones is 1. The van der Waals surface area contributed by atoms with Gasteiger partial charge in [-0.25, -0.2) is 0 Å².